The highest BCUT2D eigenvalue weighted by atomic mass is 16.5. The molecule has 7 nitrogen and oxygen atoms in total. The zero-order valence-corrected chi connectivity index (χ0v) is 12.1. The molecule has 7 heteroatoms. The molecule has 1 aromatic heterocycles. The summed E-state index contributed by atoms with van der Waals surface area (Å²) in [6.45, 7) is 1.90. The molecular formula is C14H21N3O4. The number of nitrogen functional groups attached to an aromatic ring is 1. The third kappa shape index (κ3) is 3.62. The third-order valence-electron chi connectivity index (χ3n) is 3.56. The molecule has 2 rings (SSSR count). The average Bonchev–Trinajstić information content (AvgIpc) is 2.53. The van der Waals surface area contributed by atoms with Crippen molar-refractivity contribution in [2.75, 3.05) is 44.0 Å². The quantitative estimate of drug-likeness (QED) is 0.760. The molecule has 116 valence electrons. The topological polar surface area (TPSA) is 97.9 Å². The molecular weight excluding hydrogens is 274 g/mol. The molecule has 0 aromatic carbocycles. The molecule has 0 unspecified atom stereocenters. The summed E-state index contributed by atoms with van der Waals surface area (Å²) in [6.07, 6.45) is 3.39. The smallest absolute Gasteiger partial charge is 0.340 e. The molecule has 1 fully saturated rings. The van der Waals surface area contributed by atoms with Crippen LogP contribution in [-0.4, -0.2) is 55.6 Å². The molecule has 0 bridgehead atoms. The van der Waals surface area contributed by atoms with E-state index in [-0.39, 0.29) is 12.7 Å². The van der Waals surface area contributed by atoms with E-state index in [1.54, 1.807) is 12.3 Å². The SMILES string of the molecule is COC(=O)c1ccnc(N2CCC(OCCO)CC2)c1N. The molecule has 0 saturated carbocycles. The van der Waals surface area contributed by atoms with Crippen LogP contribution in [0.4, 0.5) is 11.5 Å². The van der Waals surface area contributed by atoms with Crippen LogP contribution >= 0.6 is 0 Å². The first kappa shape index (κ1) is 15.5. The minimum absolute atomic E-state index is 0.0376. The first-order valence-corrected chi connectivity index (χ1v) is 6.97. The number of nitrogens with zero attached hydrogens (tertiary/aromatic N) is 2. The Kier molecular flexibility index (Phi) is 5.35. The summed E-state index contributed by atoms with van der Waals surface area (Å²) in [6, 6.07) is 1.56. The minimum atomic E-state index is -0.461. The van der Waals surface area contributed by atoms with Gasteiger partial charge in [0.2, 0.25) is 0 Å². The Labute approximate surface area is 123 Å². The number of hydrogen-bond acceptors (Lipinski definition) is 7. The first-order chi connectivity index (χ1) is 10.2. The van der Waals surface area contributed by atoms with Gasteiger partial charge in [-0.1, -0.05) is 0 Å². The second-order valence-electron chi connectivity index (χ2n) is 4.87. The number of hydrogen-bond donors (Lipinski definition) is 2. The van der Waals surface area contributed by atoms with Gasteiger partial charge in [0.05, 0.1) is 37.7 Å². The maximum absolute atomic E-state index is 11.6. The lowest BCUT2D eigenvalue weighted by molar-refractivity contribution is 0.0158. The number of pyridine rings is 1. The van der Waals surface area contributed by atoms with Gasteiger partial charge >= 0.3 is 5.97 Å². The molecule has 1 aliphatic heterocycles. The van der Waals surface area contributed by atoms with Gasteiger partial charge in [-0.3, -0.25) is 0 Å². The number of piperidine rings is 1. The van der Waals surface area contributed by atoms with Crippen LogP contribution in [0, 0.1) is 0 Å². The molecule has 0 amide bonds. The second-order valence-corrected chi connectivity index (χ2v) is 4.87. The predicted molar refractivity (Wildman–Crippen MR) is 78.3 cm³/mol. The van der Waals surface area contributed by atoms with Crippen LogP contribution in [0.2, 0.25) is 0 Å². The summed E-state index contributed by atoms with van der Waals surface area (Å²) in [4.78, 5) is 18.0. The van der Waals surface area contributed by atoms with Crippen LogP contribution in [0.3, 0.4) is 0 Å². The van der Waals surface area contributed by atoms with Gasteiger partial charge in [-0.25, -0.2) is 9.78 Å². The van der Waals surface area contributed by atoms with Crippen LogP contribution in [0.1, 0.15) is 23.2 Å². The summed E-state index contributed by atoms with van der Waals surface area (Å²) >= 11 is 0. The van der Waals surface area contributed by atoms with Crippen LogP contribution in [-0.2, 0) is 9.47 Å². The second kappa shape index (κ2) is 7.24. The summed E-state index contributed by atoms with van der Waals surface area (Å²) in [5, 5.41) is 8.76. The van der Waals surface area contributed by atoms with Gasteiger partial charge in [0, 0.05) is 19.3 Å². The molecule has 21 heavy (non-hydrogen) atoms. The Balaban J connectivity index is 2.05. The molecule has 3 N–H and O–H groups in total. The van der Waals surface area contributed by atoms with Gasteiger partial charge in [0.1, 0.15) is 0 Å². The van der Waals surface area contributed by atoms with Gasteiger partial charge in [-0.15, -0.1) is 0 Å². The minimum Gasteiger partial charge on any atom is -0.465 e. The van der Waals surface area contributed by atoms with Crippen molar-refractivity contribution in [2.45, 2.75) is 18.9 Å². The van der Waals surface area contributed by atoms with Gasteiger partial charge in [0.15, 0.2) is 5.82 Å². The zero-order chi connectivity index (χ0) is 15.2. The lowest BCUT2D eigenvalue weighted by Gasteiger charge is -2.33. The summed E-state index contributed by atoms with van der Waals surface area (Å²) in [5.41, 5.74) is 6.72. The van der Waals surface area contributed by atoms with Crippen molar-refractivity contribution in [1.82, 2.24) is 4.98 Å². The molecule has 0 radical (unpaired) electrons. The van der Waals surface area contributed by atoms with Gasteiger partial charge in [-0.05, 0) is 18.9 Å². The van der Waals surface area contributed by atoms with E-state index in [2.05, 4.69) is 4.98 Å². The highest BCUT2D eigenvalue weighted by Gasteiger charge is 2.24. The van der Waals surface area contributed by atoms with Gasteiger partial charge < -0.3 is 25.2 Å². The molecule has 0 aliphatic carbocycles. The van der Waals surface area contributed by atoms with Crippen molar-refractivity contribution >= 4 is 17.5 Å². The van der Waals surface area contributed by atoms with E-state index < -0.39 is 5.97 Å². The number of nitrogens with two attached hydrogens (primary N) is 1. The average molecular weight is 295 g/mol. The number of anilines is 2. The van der Waals surface area contributed by atoms with Gasteiger partial charge in [-0.2, -0.15) is 0 Å². The van der Waals surface area contributed by atoms with Crippen LogP contribution < -0.4 is 10.6 Å². The van der Waals surface area contributed by atoms with Gasteiger partial charge in [0.25, 0.3) is 0 Å². The molecule has 0 spiro atoms. The number of carbonyl (C=O) groups excluding carboxylic acids is 1. The standard InChI is InChI=1S/C14H21N3O4/c1-20-14(19)11-2-5-16-13(12(11)15)17-6-3-10(4-7-17)21-9-8-18/h2,5,10,18H,3-4,6-9,15H2,1H3. The number of carbonyl (C=O) groups is 1. The van der Waals surface area contributed by atoms with Crippen molar-refractivity contribution in [2.24, 2.45) is 0 Å². The fourth-order valence-electron chi connectivity index (χ4n) is 2.46. The number of aliphatic hydroxyl groups is 1. The highest BCUT2D eigenvalue weighted by molar-refractivity contribution is 5.97. The summed E-state index contributed by atoms with van der Waals surface area (Å²) < 4.78 is 10.2. The lowest BCUT2D eigenvalue weighted by atomic mass is 10.1. The number of methoxy groups -OCH3 is 1. The van der Waals surface area contributed by atoms with E-state index in [4.69, 9.17) is 20.3 Å². The molecule has 1 saturated heterocycles. The van der Waals surface area contributed by atoms with E-state index in [0.717, 1.165) is 25.9 Å². The largest absolute Gasteiger partial charge is 0.465 e. The van der Waals surface area contributed by atoms with Crippen molar-refractivity contribution in [1.29, 1.82) is 0 Å². The fourth-order valence-corrected chi connectivity index (χ4v) is 2.46. The zero-order valence-electron chi connectivity index (χ0n) is 12.1. The summed E-state index contributed by atoms with van der Waals surface area (Å²) in [7, 11) is 1.33. The molecule has 1 aromatic rings. The number of aromatic nitrogens is 1. The predicted octanol–water partition coefficient (Wildman–Crippen LogP) is 0.428. The Morgan fingerprint density at radius 3 is 2.86 bits per heavy atom. The highest BCUT2D eigenvalue weighted by Crippen LogP contribution is 2.27. The Morgan fingerprint density at radius 1 is 1.52 bits per heavy atom. The van der Waals surface area contributed by atoms with Crippen molar-refractivity contribution < 1.29 is 19.4 Å². The maximum atomic E-state index is 11.6. The third-order valence-corrected chi connectivity index (χ3v) is 3.56. The number of aliphatic hydroxyl groups excluding tert-OH is 1. The fraction of sp³-hybridized carbons (Fsp3) is 0.571. The van der Waals surface area contributed by atoms with Crippen molar-refractivity contribution in [3.63, 3.8) is 0 Å². The van der Waals surface area contributed by atoms with E-state index in [0.29, 0.717) is 23.7 Å². The van der Waals surface area contributed by atoms with E-state index in [9.17, 15) is 4.79 Å². The maximum Gasteiger partial charge on any atom is 0.340 e. The molecule has 0 atom stereocenters. The Bertz CT molecular complexity index is 487. The first-order valence-electron chi connectivity index (χ1n) is 6.97. The number of ether oxygens (including phenoxy) is 2. The Hall–Kier alpha value is -1.86. The van der Waals surface area contributed by atoms with Crippen LogP contribution in [0.5, 0.6) is 0 Å². The van der Waals surface area contributed by atoms with E-state index in [1.807, 2.05) is 4.90 Å². The lowest BCUT2D eigenvalue weighted by Crippen LogP contribution is -2.38. The number of rotatable bonds is 5. The normalized spacial score (nSPS) is 16.0. The number of esters is 1. The van der Waals surface area contributed by atoms with Crippen LogP contribution in [0.15, 0.2) is 12.3 Å². The summed E-state index contributed by atoms with van der Waals surface area (Å²) in [5.74, 6) is 0.149. The monoisotopic (exact) mass is 295 g/mol. The van der Waals surface area contributed by atoms with Crippen LogP contribution in [0.25, 0.3) is 0 Å². The van der Waals surface area contributed by atoms with E-state index >= 15 is 0 Å². The Morgan fingerprint density at radius 2 is 2.24 bits per heavy atom. The molecule has 2 heterocycles. The van der Waals surface area contributed by atoms with E-state index in [1.165, 1.54) is 7.11 Å². The van der Waals surface area contributed by atoms with Crippen molar-refractivity contribution in [3.05, 3.63) is 17.8 Å². The van der Waals surface area contributed by atoms with Crippen molar-refractivity contribution in [3.8, 4) is 0 Å². The molecule has 1 aliphatic rings.